The number of aryl methyl sites for hydroxylation is 1. The lowest BCUT2D eigenvalue weighted by atomic mass is 10.0. The van der Waals surface area contributed by atoms with Crippen LogP contribution in [0.15, 0.2) is 18.3 Å². The molecular formula is C14H24N4O3S. The Morgan fingerprint density at radius 1 is 1.41 bits per heavy atom. The van der Waals surface area contributed by atoms with E-state index >= 15 is 0 Å². The zero-order chi connectivity index (χ0) is 16.5. The lowest BCUT2D eigenvalue weighted by molar-refractivity contribution is 0.0919. The fraction of sp³-hybridized carbons (Fsp3) is 0.643. The van der Waals surface area contributed by atoms with Crippen molar-refractivity contribution in [3.05, 3.63) is 24.0 Å². The van der Waals surface area contributed by atoms with Gasteiger partial charge in [0.25, 0.3) is 5.91 Å². The SMILES string of the molecule is CN(C)C[C@@H]1CN(S(C)(=O)=O)C[C@H]1NC(=O)c1cccn1C. The number of nitrogens with zero attached hydrogens (tertiary/aromatic N) is 3. The maximum Gasteiger partial charge on any atom is 0.268 e. The highest BCUT2D eigenvalue weighted by Crippen LogP contribution is 2.20. The first-order valence-electron chi connectivity index (χ1n) is 7.20. The summed E-state index contributed by atoms with van der Waals surface area (Å²) >= 11 is 0. The molecule has 1 aliphatic rings. The maximum absolute atomic E-state index is 12.4. The Kier molecular flexibility index (Phi) is 4.93. The van der Waals surface area contributed by atoms with Crippen molar-refractivity contribution in [3.8, 4) is 0 Å². The van der Waals surface area contributed by atoms with E-state index in [1.165, 1.54) is 10.6 Å². The summed E-state index contributed by atoms with van der Waals surface area (Å²) in [7, 11) is 2.45. The van der Waals surface area contributed by atoms with E-state index in [4.69, 9.17) is 0 Å². The van der Waals surface area contributed by atoms with E-state index in [0.717, 1.165) is 6.54 Å². The molecule has 1 amide bonds. The van der Waals surface area contributed by atoms with Gasteiger partial charge in [0, 0.05) is 44.8 Å². The van der Waals surface area contributed by atoms with Gasteiger partial charge < -0.3 is 14.8 Å². The van der Waals surface area contributed by atoms with E-state index < -0.39 is 10.0 Å². The van der Waals surface area contributed by atoms with Gasteiger partial charge in [-0.3, -0.25) is 4.79 Å². The quantitative estimate of drug-likeness (QED) is 0.796. The van der Waals surface area contributed by atoms with Crippen molar-refractivity contribution in [2.45, 2.75) is 6.04 Å². The van der Waals surface area contributed by atoms with Gasteiger partial charge in [-0.15, -0.1) is 0 Å². The van der Waals surface area contributed by atoms with E-state index in [1.54, 1.807) is 10.6 Å². The molecule has 1 fully saturated rings. The van der Waals surface area contributed by atoms with Crippen molar-refractivity contribution >= 4 is 15.9 Å². The van der Waals surface area contributed by atoms with Crippen molar-refractivity contribution in [2.75, 3.05) is 40.0 Å². The lowest BCUT2D eigenvalue weighted by Crippen LogP contribution is -2.44. The summed E-state index contributed by atoms with van der Waals surface area (Å²) in [5.74, 6) is -0.0921. The molecule has 124 valence electrons. The molecule has 2 rings (SSSR count). The lowest BCUT2D eigenvalue weighted by Gasteiger charge is -2.22. The number of aromatic nitrogens is 1. The fourth-order valence-corrected chi connectivity index (χ4v) is 3.75. The standard InChI is InChI=1S/C14H24N4O3S/c1-16(2)8-11-9-18(22(4,20)21)10-12(11)15-14(19)13-6-5-7-17(13)3/h5-7,11-12H,8-10H2,1-4H3,(H,15,19)/t11-,12-/m1/s1. The molecule has 2 atom stereocenters. The highest BCUT2D eigenvalue weighted by molar-refractivity contribution is 7.88. The smallest absolute Gasteiger partial charge is 0.268 e. The number of nitrogens with one attached hydrogen (secondary N) is 1. The van der Waals surface area contributed by atoms with E-state index in [9.17, 15) is 13.2 Å². The maximum atomic E-state index is 12.4. The number of carbonyl (C=O) groups is 1. The molecule has 1 aromatic heterocycles. The van der Waals surface area contributed by atoms with Crippen molar-refractivity contribution in [2.24, 2.45) is 13.0 Å². The van der Waals surface area contributed by atoms with Crippen molar-refractivity contribution < 1.29 is 13.2 Å². The third-order valence-electron chi connectivity index (χ3n) is 3.97. The summed E-state index contributed by atoms with van der Waals surface area (Å²) in [4.78, 5) is 14.4. The Morgan fingerprint density at radius 3 is 2.59 bits per heavy atom. The van der Waals surface area contributed by atoms with E-state index in [2.05, 4.69) is 5.32 Å². The average molecular weight is 328 g/mol. The van der Waals surface area contributed by atoms with Gasteiger partial charge in [-0.25, -0.2) is 8.42 Å². The molecule has 0 aromatic carbocycles. The van der Waals surface area contributed by atoms with Crippen LogP contribution in [-0.2, 0) is 17.1 Å². The van der Waals surface area contributed by atoms with Crippen molar-refractivity contribution in [1.82, 2.24) is 19.1 Å². The molecule has 1 aliphatic heterocycles. The predicted molar refractivity (Wildman–Crippen MR) is 85.1 cm³/mol. The zero-order valence-electron chi connectivity index (χ0n) is 13.5. The molecule has 0 bridgehead atoms. The molecule has 0 unspecified atom stereocenters. The van der Waals surface area contributed by atoms with Gasteiger partial charge in [0.1, 0.15) is 5.69 Å². The molecule has 1 N–H and O–H groups in total. The first-order chi connectivity index (χ1) is 10.2. The van der Waals surface area contributed by atoms with Crippen LogP contribution in [0.3, 0.4) is 0 Å². The highest BCUT2D eigenvalue weighted by Gasteiger charge is 2.38. The minimum absolute atomic E-state index is 0.0777. The second-order valence-corrected chi connectivity index (χ2v) is 8.17. The van der Waals surface area contributed by atoms with Crippen molar-refractivity contribution in [1.29, 1.82) is 0 Å². The Bertz CT molecular complexity index is 638. The summed E-state index contributed by atoms with van der Waals surface area (Å²) < 4.78 is 26.7. The van der Waals surface area contributed by atoms with Crippen LogP contribution in [0.5, 0.6) is 0 Å². The summed E-state index contributed by atoms with van der Waals surface area (Å²) in [6.45, 7) is 1.49. The van der Waals surface area contributed by atoms with Crippen LogP contribution in [0, 0.1) is 5.92 Å². The Hall–Kier alpha value is -1.38. The monoisotopic (exact) mass is 328 g/mol. The topological polar surface area (TPSA) is 74.7 Å². The summed E-state index contributed by atoms with van der Waals surface area (Å²) in [5, 5.41) is 2.99. The molecule has 7 nitrogen and oxygen atoms in total. The molecule has 22 heavy (non-hydrogen) atoms. The second-order valence-electron chi connectivity index (χ2n) is 6.19. The first-order valence-corrected chi connectivity index (χ1v) is 9.05. The average Bonchev–Trinajstić information content (AvgIpc) is 2.95. The van der Waals surface area contributed by atoms with Gasteiger partial charge >= 0.3 is 0 Å². The van der Waals surface area contributed by atoms with Crippen LogP contribution in [0.2, 0.25) is 0 Å². The molecule has 0 aliphatic carbocycles. The molecular weight excluding hydrogens is 304 g/mol. The molecule has 1 aromatic rings. The third-order valence-corrected chi connectivity index (χ3v) is 5.21. The minimum Gasteiger partial charge on any atom is -0.347 e. The number of sulfonamides is 1. The highest BCUT2D eigenvalue weighted by atomic mass is 32.2. The van der Waals surface area contributed by atoms with Crippen LogP contribution in [0.4, 0.5) is 0 Å². The Balaban J connectivity index is 2.12. The second kappa shape index (κ2) is 6.39. The van der Waals surface area contributed by atoms with Gasteiger partial charge in [0.15, 0.2) is 0 Å². The number of hydrogen-bond acceptors (Lipinski definition) is 4. The van der Waals surface area contributed by atoms with Gasteiger partial charge in [-0.1, -0.05) is 0 Å². The van der Waals surface area contributed by atoms with Crippen LogP contribution in [0.25, 0.3) is 0 Å². The zero-order valence-corrected chi connectivity index (χ0v) is 14.3. The van der Waals surface area contributed by atoms with Crippen LogP contribution in [0.1, 0.15) is 10.5 Å². The number of amides is 1. The molecule has 0 saturated carbocycles. The fourth-order valence-electron chi connectivity index (χ4n) is 2.86. The first kappa shape index (κ1) is 17.0. The van der Waals surface area contributed by atoms with Crippen LogP contribution in [-0.4, -0.2) is 74.1 Å². The normalized spacial score (nSPS) is 23.1. The van der Waals surface area contributed by atoms with E-state index in [1.807, 2.05) is 38.3 Å². The molecule has 0 radical (unpaired) electrons. The van der Waals surface area contributed by atoms with Crippen LogP contribution < -0.4 is 5.32 Å². The summed E-state index contributed by atoms with van der Waals surface area (Å²) in [6, 6.07) is 3.38. The van der Waals surface area contributed by atoms with Gasteiger partial charge in [0.2, 0.25) is 10.0 Å². The molecule has 2 heterocycles. The summed E-state index contributed by atoms with van der Waals surface area (Å²) in [5.41, 5.74) is 0.571. The number of carbonyl (C=O) groups excluding carboxylic acids is 1. The number of rotatable bonds is 5. The molecule has 0 spiro atoms. The van der Waals surface area contributed by atoms with Gasteiger partial charge in [0.05, 0.1) is 6.26 Å². The predicted octanol–water partition coefficient (Wildman–Crippen LogP) is -0.423. The van der Waals surface area contributed by atoms with Gasteiger partial charge in [-0.05, 0) is 26.2 Å². The molecule has 1 saturated heterocycles. The largest absolute Gasteiger partial charge is 0.347 e. The van der Waals surface area contributed by atoms with Crippen molar-refractivity contribution in [3.63, 3.8) is 0 Å². The minimum atomic E-state index is -3.24. The Morgan fingerprint density at radius 2 is 2.09 bits per heavy atom. The number of hydrogen-bond donors (Lipinski definition) is 1. The molecule has 8 heteroatoms. The van der Waals surface area contributed by atoms with Crippen LogP contribution >= 0.6 is 0 Å². The third kappa shape index (κ3) is 3.88. The van der Waals surface area contributed by atoms with E-state index in [-0.39, 0.29) is 17.9 Å². The van der Waals surface area contributed by atoms with E-state index in [0.29, 0.717) is 18.8 Å². The van der Waals surface area contributed by atoms with Gasteiger partial charge in [-0.2, -0.15) is 4.31 Å². The summed E-state index contributed by atoms with van der Waals surface area (Å²) in [6.07, 6.45) is 3.02. The Labute approximate surface area is 131 Å².